The molecule has 4 heteroatoms. The Balaban J connectivity index is 1.89. The molecule has 1 fully saturated rings. The summed E-state index contributed by atoms with van der Waals surface area (Å²) < 4.78 is 11.2. The van der Waals surface area contributed by atoms with Crippen LogP contribution in [0.2, 0.25) is 5.02 Å². The Bertz CT molecular complexity index is 362. The maximum atomic E-state index is 8.97. The molecule has 17 heavy (non-hydrogen) atoms. The minimum atomic E-state index is -0.00820. The highest BCUT2D eigenvalue weighted by Gasteiger charge is 2.15. The van der Waals surface area contributed by atoms with Gasteiger partial charge in [0.15, 0.2) is 0 Å². The molecule has 94 valence electrons. The van der Waals surface area contributed by atoms with Gasteiger partial charge in [-0.1, -0.05) is 17.7 Å². The Morgan fingerprint density at radius 2 is 2.29 bits per heavy atom. The predicted molar refractivity (Wildman–Crippen MR) is 66.5 cm³/mol. The number of aliphatic hydroxyl groups excluding tert-OH is 1. The molecule has 0 bridgehead atoms. The maximum Gasteiger partial charge on any atom is 0.138 e. The van der Waals surface area contributed by atoms with Crippen LogP contribution in [0.1, 0.15) is 24.8 Å². The van der Waals surface area contributed by atoms with Gasteiger partial charge in [0.2, 0.25) is 0 Å². The van der Waals surface area contributed by atoms with E-state index in [9.17, 15) is 0 Å². The van der Waals surface area contributed by atoms with Gasteiger partial charge in [0, 0.05) is 6.61 Å². The summed E-state index contributed by atoms with van der Waals surface area (Å²) >= 11 is 6.05. The Kier molecular flexibility index (Phi) is 4.66. The molecule has 1 unspecified atom stereocenters. The Labute approximate surface area is 106 Å². The molecule has 1 N–H and O–H groups in total. The summed E-state index contributed by atoms with van der Waals surface area (Å²) in [4.78, 5) is 0. The van der Waals surface area contributed by atoms with Crippen molar-refractivity contribution in [3.05, 3.63) is 28.8 Å². The third kappa shape index (κ3) is 3.60. The lowest BCUT2D eigenvalue weighted by molar-refractivity contribution is -0.0110. The van der Waals surface area contributed by atoms with Crippen LogP contribution in [-0.2, 0) is 11.3 Å². The van der Waals surface area contributed by atoms with Gasteiger partial charge in [0.25, 0.3) is 0 Å². The fourth-order valence-corrected chi connectivity index (χ4v) is 2.14. The second-order valence-corrected chi connectivity index (χ2v) is 4.63. The largest absolute Gasteiger partial charge is 0.489 e. The predicted octanol–water partition coefficient (Wildman–Crippen LogP) is 2.78. The second-order valence-electron chi connectivity index (χ2n) is 4.22. The lowest BCUT2D eigenvalue weighted by Crippen LogP contribution is -2.25. The Morgan fingerprint density at radius 1 is 1.41 bits per heavy atom. The smallest absolute Gasteiger partial charge is 0.138 e. The minimum absolute atomic E-state index is 0.00820. The van der Waals surface area contributed by atoms with Crippen molar-refractivity contribution < 1.29 is 14.6 Å². The summed E-state index contributed by atoms with van der Waals surface area (Å²) in [6.07, 6.45) is 3.57. The van der Waals surface area contributed by atoms with Gasteiger partial charge in [-0.2, -0.15) is 0 Å². The van der Waals surface area contributed by atoms with E-state index in [1.54, 1.807) is 12.1 Å². The van der Waals surface area contributed by atoms with Crippen molar-refractivity contribution in [3.63, 3.8) is 0 Å². The topological polar surface area (TPSA) is 38.7 Å². The van der Waals surface area contributed by atoms with E-state index < -0.39 is 0 Å². The van der Waals surface area contributed by atoms with Gasteiger partial charge >= 0.3 is 0 Å². The van der Waals surface area contributed by atoms with Crippen molar-refractivity contribution >= 4 is 11.6 Å². The van der Waals surface area contributed by atoms with Crippen LogP contribution < -0.4 is 4.74 Å². The molecule has 0 spiro atoms. The first-order chi connectivity index (χ1) is 8.29. The van der Waals surface area contributed by atoms with Crippen LogP contribution in [0.25, 0.3) is 0 Å². The monoisotopic (exact) mass is 256 g/mol. The fraction of sp³-hybridized carbons (Fsp3) is 0.538. The van der Waals surface area contributed by atoms with Gasteiger partial charge in [0.1, 0.15) is 12.4 Å². The van der Waals surface area contributed by atoms with Crippen LogP contribution in [0.15, 0.2) is 18.2 Å². The maximum absolute atomic E-state index is 8.97. The Hall–Kier alpha value is -0.770. The normalized spacial score (nSPS) is 20.2. The number of ether oxygens (including phenoxy) is 2. The molecule has 0 aliphatic carbocycles. The van der Waals surface area contributed by atoms with Crippen LogP contribution in [0.3, 0.4) is 0 Å². The molecule has 0 amide bonds. The van der Waals surface area contributed by atoms with E-state index in [1.807, 2.05) is 6.07 Å². The highest BCUT2D eigenvalue weighted by Crippen LogP contribution is 2.26. The molecule has 1 aliphatic rings. The number of benzene rings is 1. The summed E-state index contributed by atoms with van der Waals surface area (Å²) in [6.45, 7) is 1.36. The van der Waals surface area contributed by atoms with Gasteiger partial charge < -0.3 is 14.6 Å². The third-order valence-corrected chi connectivity index (χ3v) is 3.17. The lowest BCUT2D eigenvalue weighted by Gasteiger charge is -2.22. The van der Waals surface area contributed by atoms with E-state index in [4.69, 9.17) is 26.2 Å². The molecule has 1 atom stereocenters. The standard InChI is InChI=1S/C13H17ClO3/c14-12-7-10(8-15)4-5-13(12)17-9-11-3-1-2-6-16-11/h4-5,7,11,15H,1-3,6,8-9H2. The van der Waals surface area contributed by atoms with Crippen molar-refractivity contribution in [1.82, 2.24) is 0 Å². The molecule has 0 aromatic heterocycles. The van der Waals surface area contributed by atoms with E-state index >= 15 is 0 Å². The molecule has 1 heterocycles. The number of hydrogen-bond acceptors (Lipinski definition) is 3. The van der Waals surface area contributed by atoms with Crippen LogP contribution in [0, 0.1) is 0 Å². The Morgan fingerprint density at radius 3 is 2.94 bits per heavy atom. The van der Waals surface area contributed by atoms with Crippen LogP contribution in [0.4, 0.5) is 0 Å². The molecule has 1 aliphatic heterocycles. The summed E-state index contributed by atoms with van der Waals surface area (Å²) in [7, 11) is 0. The molecular weight excluding hydrogens is 240 g/mol. The molecule has 1 saturated heterocycles. The van der Waals surface area contributed by atoms with Crippen molar-refractivity contribution in [2.24, 2.45) is 0 Å². The SMILES string of the molecule is OCc1ccc(OCC2CCCCO2)c(Cl)c1. The van der Waals surface area contributed by atoms with Gasteiger partial charge in [-0.3, -0.25) is 0 Å². The van der Waals surface area contributed by atoms with Crippen molar-refractivity contribution in [1.29, 1.82) is 0 Å². The average Bonchev–Trinajstić information content (AvgIpc) is 2.38. The van der Waals surface area contributed by atoms with Gasteiger partial charge in [-0.15, -0.1) is 0 Å². The van der Waals surface area contributed by atoms with E-state index in [1.165, 1.54) is 6.42 Å². The highest BCUT2D eigenvalue weighted by atomic mass is 35.5. The number of halogens is 1. The lowest BCUT2D eigenvalue weighted by atomic mass is 10.1. The van der Waals surface area contributed by atoms with Crippen molar-refractivity contribution in [3.8, 4) is 5.75 Å². The number of aliphatic hydroxyl groups is 1. The van der Waals surface area contributed by atoms with Crippen LogP contribution in [0.5, 0.6) is 5.75 Å². The summed E-state index contributed by atoms with van der Waals surface area (Å²) in [5.74, 6) is 0.651. The van der Waals surface area contributed by atoms with Crippen molar-refractivity contribution in [2.75, 3.05) is 13.2 Å². The highest BCUT2D eigenvalue weighted by molar-refractivity contribution is 6.32. The van der Waals surface area contributed by atoms with Crippen molar-refractivity contribution in [2.45, 2.75) is 32.0 Å². The number of rotatable bonds is 4. The zero-order chi connectivity index (χ0) is 12.1. The first kappa shape index (κ1) is 12.7. The van der Waals surface area contributed by atoms with E-state index in [0.29, 0.717) is 17.4 Å². The van der Waals surface area contributed by atoms with Gasteiger partial charge in [0.05, 0.1) is 17.7 Å². The molecule has 1 aromatic rings. The molecule has 2 rings (SSSR count). The zero-order valence-electron chi connectivity index (χ0n) is 9.69. The second kappa shape index (κ2) is 6.24. The first-order valence-corrected chi connectivity index (χ1v) is 6.31. The summed E-state index contributed by atoms with van der Waals surface area (Å²) in [5.41, 5.74) is 0.788. The van der Waals surface area contributed by atoms with Gasteiger partial charge in [-0.05, 0) is 37.0 Å². The fourth-order valence-electron chi connectivity index (χ4n) is 1.88. The molecule has 1 aromatic carbocycles. The molecule has 3 nitrogen and oxygen atoms in total. The molecule has 0 saturated carbocycles. The third-order valence-electron chi connectivity index (χ3n) is 2.88. The van der Waals surface area contributed by atoms with E-state index in [2.05, 4.69) is 0 Å². The summed E-state index contributed by atoms with van der Waals surface area (Å²) in [5, 5.41) is 9.50. The zero-order valence-corrected chi connectivity index (χ0v) is 10.4. The summed E-state index contributed by atoms with van der Waals surface area (Å²) in [6, 6.07) is 5.32. The first-order valence-electron chi connectivity index (χ1n) is 5.93. The van der Waals surface area contributed by atoms with E-state index in [-0.39, 0.29) is 12.7 Å². The quantitative estimate of drug-likeness (QED) is 0.900. The van der Waals surface area contributed by atoms with E-state index in [0.717, 1.165) is 25.0 Å². The minimum Gasteiger partial charge on any atom is -0.489 e. The number of hydrogen-bond donors (Lipinski definition) is 1. The van der Waals surface area contributed by atoms with Crippen LogP contribution >= 0.6 is 11.6 Å². The van der Waals surface area contributed by atoms with Gasteiger partial charge in [-0.25, -0.2) is 0 Å². The molecular formula is C13H17ClO3. The molecule has 0 radical (unpaired) electrons. The van der Waals surface area contributed by atoms with Crippen LogP contribution in [-0.4, -0.2) is 24.4 Å². The average molecular weight is 257 g/mol.